The number of thiazole rings is 1. The zero-order valence-electron chi connectivity index (χ0n) is 16.3. The Labute approximate surface area is 170 Å². The van der Waals surface area contributed by atoms with Gasteiger partial charge in [0.2, 0.25) is 5.91 Å². The molecule has 28 heavy (non-hydrogen) atoms. The summed E-state index contributed by atoms with van der Waals surface area (Å²) in [5, 5.41) is 5.50. The molecule has 2 amide bonds. The quantitative estimate of drug-likeness (QED) is 0.786. The van der Waals surface area contributed by atoms with Crippen LogP contribution in [-0.2, 0) is 4.79 Å². The number of carbonyl (C=O) groups excluding carboxylic acids is 2. The summed E-state index contributed by atoms with van der Waals surface area (Å²) < 4.78 is 0. The molecular formula is C22H27N3O2S. The number of anilines is 1. The molecule has 1 saturated carbocycles. The van der Waals surface area contributed by atoms with Crippen LogP contribution in [0, 0.1) is 0 Å². The lowest BCUT2D eigenvalue weighted by molar-refractivity contribution is -0.122. The Morgan fingerprint density at radius 3 is 2.79 bits per heavy atom. The highest BCUT2D eigenvalue weighted by molar-refractivity contribution is 7.13. The van der Waals surface area contributed by atoms with Gasteiger partial charge >= 0.3 is 0 Å². The fourth-order valence-corrected chi connectivity index (χ4v) is 5.48. The molecule has 5 nitrogen and oxygen atoms in total. The van der Waals surface area contributed by atoms with E-state index in [0.717, 1.165) is 44.1 Å². The van der Waals surface area contributed by atoms with E-state index in [9.17, 15) is 9.59 Å². The van der Waals surface area contributed by atoms with E-state index in [1.165, 1.54) is 17.8 Å². The normalized spacial score (nSPS) is 20.8. The molecule has 0 unspecified atom stereocenters. The van der Waals surface area contributed by atoms with Crippen LogP contribution >= 0.6 is 11.3 Å². The van der Waals surface area contributed by atoms with E-state index >= 15 is 0 Å². The summed E-state index contributed by atoms with van der Waals surface area (Å²) in [6, 6.07) is 7.67. The predicted molar refractivity (Wildman–Crippen MR) is 112 cm³/mol. The molecule has 1 aliphatic heterocycles. The fraction of sp³-hybridized carbons (Fsp3) is 0.500. The number of unbranched alkanes of at least 4 members (excludes halogenated alkanes) is 1. The van der Waals surface area contributed by atoms with Gasteiger partial charge in [-0.2, -0.15) is 0 Å². The Kier molecular flexibility index (Phi) is 5.49. The molecule has 6 heteroatoms. The zero-order chi connectivity index (χ0) is 19.6. The molecule has 1 atom stereocenters. The van der Waals surface area contributed by atoms with Crippen LogP contribution in [-0.4, -0.2) is 33.8 Å². The summed E-state index contributed by atoms with van der Waals surface area (Å²) in [6.45, 7) is 2.85. The Bertz CT molecular complexity index is 843. The summed E-state index contributed by atoms with van der Waals surface area (Å²) in [5.41, 5.74) is 1.12. The van der Waals surface area contributed by atoms with Crippen molar-refractivity contribution < 1.29 is 9.59 Å². The van der Waals surface area contributed by atoms with Crippen molar-refractivity contribution >= 4 is 28.3 Å². The monoisotopic (exact) mass is 397 g/mol. The van der Waals surface area contributed by atoms with E-state index in [1.54, 1.807) is 6.20 Å². The maximum absolute atomic E-state index is 13.5. The second-order valence-electron chi connectivity index (χ2n) is 7.82. The molecule has 2 aliphatic rings. The van der Waals surface area contributed by atoms with Gasteiger partial charge in [0.1, 0.15) is 0 Å². The van der Waals surface area contributed by atoms with Crippen molar-refractivity contribution in [3.63, 3.8) is 0 Å². The minimum Gasteiger partial charge on any atom is -0.332 e. The van der Waals surface area contributed by atoms with Crippen LogP contribution in [0.25, 0.3) is 0 Å². The van der Waals surface area contributed by atoms with Crippen molar-refractivity contribution in [3.05, 3.63) is 47.0 Å². The number of fused-ring (bicyclic) bond motifs is 1. The molecular weight excluding hydrogens is 370 g/mol. The van der Waals surface area contributed by atoms with E-state index in [0.29, 0.717) is 17.2 Å². The summed E-state index contributed by atoms with van der Waals surface area (Å²) in [4.78, 5) is 33.3. The SMILES string of the molecule is CCCCN1C(=O)c2ccccc2[C@H](C(=O)Nc2nccs2)C12CCCCC2. The van der Waals surface area contributed by atoms with Gasteiger partial charge < -0.3 is 10.2 Å². The molecule has 148 valence electrons. The lowest BCUT2D eigenvalue weighted by atomic mass is 9.65. The molecule has 1 aromatic carbocycles. The first-order valence-electron chi connectivity index (χ1n) is 10.3. The van der Waals surface area contributed by atoms with Crippen molar-refractivity contribution in [2.24, 2.45) is 0 Å². The highest BCUT2D eigenvalue weighted by Crippen LogP contribution is 2.49. The third-order valence-corrected chi connectivity index (χ3v) is 6.89. The van der Waals surface area contributed by atoms with Crippen LogP contribution in [0.5, 0.6) is 0 Å². The van der Waals surface area contributed by atoms with Gasteiger partial charge in [-0.1, -0.05) is 50.8 Å². The largest absolute Gasteiger partial charge is 0.332 e. The summed E-state index contributed by atoms with van der Waals surface area (Å²) in [6.07, 6.45) is 8.72. The average molecular weight is 398 g/mol. The average Bonchev–Trinajstić information content (AvgIpc) is 3.22. The standard InChI is InChI=1S/C22H27N3O2S/c1-2-3-14-25-20(27)17-10-6-5-9-16(17)18(22(25)11-7-4-8-12-22)19(26)24-21-23-13-15-28-21/h5-6,9-10,13,15,18H,2-4,7-8,11-12,14H2,1H3,(H,23,24,26)/t18-/m1/s1. The molecule has 1 aromatic heterocycles. The number of rotatable bonds is 5. The van der Waals surface area contributed by atoms with Crippen molar-refractivity contribution in [1.82, 2.24) is 9.88 Å². The summed E-state index contributed by atoms with van der Waals surface area (Å²) >= 11 is 1.42. The van der Waals surface area contributed by atoms with Crippen LogP contribution in [0.3, 0.4) is 0 Å². The topological polar surface area (TPSA) is 62.3 Å². The maximum Gasteiger partial charge on any atom is 0.254 e. The van der Waals surface area contributed by atoms with Crippen molar-refractivity contribution in [2.75, 3.05) is 11.9 Å². The zero-order valence-corrected chi connectivity index (χ0v) is 17.1. The molecule has 1 fully saturated rings. The molecule has 0 bridgehead atoms. The van der Waals surface area contributed by atoms with Gasteiger partial charge in [0.05, 0.1) is 11.5 Å². The van der Waals surface area contributed by atoms with Gasteiger partial charge in [0.15, 0.2) is 5.13 Å². The number of nitrogens with one attached hydrogen (secondary N) is 1. The van der Waals surface area contributed by atoms with Gasteiger partial charge in [0, 0.05) is 23.7 Å². The first kappa shape index (κ1) is 19.1. The molecule has 0 saturated heterocycles. The highest BCUT2D eigenvalue weighted by atomic mass is 32.1. The number of nitrogens with zero attached hydrogens (tertiary/aromatic N) is 2. The van der Waals surface area contributed by atoms with E-state index in [2.05, 4.69) is 17.2 Å². The predicted octanol–water partition coefficient (Wildman–Crippen LogP) is 4.82. The Balaban J connectivity index is 1.81. The van der Waals surface area contributed by atoms with Crippen LogP contribution in [0.1, 0.15) is 73.7 Å². The molecule has 1 aliphatic carbocycles. The van der Waals surface area contributed by atoms with Crippen LogP contribution in [0.4, 0.5) is 5.13 Å². The van der Waals surface area contributed by atoms with Gasteiger partial charge in [-0.25, -0.2) is 4.98 Å². The number of carbonyl (C=O) groups is 2. The van der Waals surface area contributed by atoms with Crippen LogP contribution in [0.15, 0.2) is 35.8 Å². The number of aromatic nitrogens is 1. The lowest BCUT2D eigenvalue weighted by Crippen LogP contribution is -2.62. The van der Waals surface area contributed by atoms with Gasteiger partial charge in [0.25, 0.3) is 5.91 Å². The molecule has 4 rings (SSSR count). The fourth-order valence-electron chi connectivity index (χ4n) is 4.95. The van der Waals surface area contributed by atoms with E-state index in [4.69, 9.17) is 0 Å². The van der Waals surface area contributed by atoms with E-state index < -0.39 is 5.54 Å². The Morgan fingerprint density at radius 2 is 2.07 bits per heavy atom. The third kappa shape index (κ3) is 3.24. The number of benzene rings is 1. The second-order valence-corrected chi connectivity index (χ2v) is 8.72. The molecule has 1 N–H and O–H groups in total. The third-order valence-electron chi connectivity index (χ3n) is 6.20. The number of hydrogen-bond donors (Lipinski definition) is 1. The van der Waals surface area contributed by atoms with Crippen molar-refractivity contribution in [1.29, 1.82) is 0 Å². The smallest absolute Gasteiger partial charge is 0.254 e. The molecule has 2 aromatic rings. The van der Waals surface area contributed by atoms with E-state index in [-0.39, 0.29) is 17.7 Å². The summed E-state index contributed by atoms with van der Waals surface area (Å²) in [5.74, 6) is -0.315. The van der Waals surface area contributed by atoms with Crippen molar-refractivity contribution in [3.8, 4) is 0 Å². The van der Waals surface area contributed by atoms with Crippen LogP contribution in [0.2, 0.25) is 0 Å². The number of amides is 2. The molecule has 0 radical (unpaired) electrons. The minimum absolute atomic E-state index is 0.0432. The van der Waals surface area contributed by atoms with Gasteiger partial charge in [-0.15, -0.1) is 11.3 Å². The lowest BCUT2D eigenvalue weighted by Gasteiger charge is -2.53. The first-order valence-corrected chi connectivity index (χ1v) is 11.2. The minimum atomic E-state index is -0.430. The number of hydrogen-bond acceptors (Lipinski definition) is 4. The highest BCUT2D eigenvalue weighted by Gasteiger charge is 2.54. The van der Waals surface area contributed by atoms with Crippen LogP contribution < -0.4 is 5.32 Å². The van der Waals surface area contributed by atoms with Gasteiger partial charge in [-0.3, -0.25) is 9.59 Å². The van der Waals surface area contributed by atoms with Crippen molar-refractivity contribution in [2.45, 2.75) is 63.3 Å². The summed E-state index contributed by atoms with van der Waals surface area (Å²) in [7, 11) is 0. The van der Waals surface area contributed by atoms with E-state index in [1.807, 2.05) is 34.5 Å². The Hall–Kier alpha value is -2.21. The maximum atomic E-state index is 13.5. The van der Waals surface area contributed by atoms with Gasteiger partial charge in [-0.05, 0) is 30.9 Å². The second kappa shape index (κ2) is 8.03. The Morgan fingerprint density at radius 1 is 1.29 bits per heavy atom. The molecule has 2 heterocycles. The first-order chi connectivity index (χ1) is 13.7. The molecule has 1 spiro atoms.